The predicted octanol–water partition coefficient (Wildman–Crippen LogP) is 2.07. The highest BCUT2D eigenvalue weighted by Crippen LogP contribution is 2.24. The van der Waals surface area contributed by atoms with Crippen molar-refractivity contribution in [1.29, 1.82) is 0 Å². The third-order valence-corrected chi connectivity index (χ3v) is 3.42. The van der Waals surface area contributed by atoms with Gasteiger partial charge in [0.1, 0.15) is 16.5 Å². The molecule has 19 heavy (non-hydrogen) atoms. The van der Waals surface area contributed by atoms with Crippen LogP contribution in [0.4, 0.5) is 10.9 Å². The van der Waals surface area contributed by atoms with E-state index in [9.17, 15) is 4.79 Å². The molecule has 1 amide bonds. The van der Waals surface area contributed by atoms with Crippen LogP contribution in [0, 0.1) is 0 Å². The van der Waals surface area contributed by atoms with Crippen molar-refractivity contribution in [2.45, 2.75) is 19.9 Å². The molecule has 0 unspecified atom stereocenters. The summed E-state index contributed by atoms with van der Waals surface area (Å²) in [6.07, 6.45) is 2.55. The van der Waals surface area contributed by atoms with Crippen LogP contribution in [0.25, 0.3) is 0 Å². The first kappa shape index (κ1) is 13.4. The highest BCUT2D eigenvalue weighted by molar-refractivity contribution is 7.18. The average Bonchev–Trinajstić information content (AvgIpc) is 3.03. The third-order valence-electron chi connectivity index (χ3n) is 2.39. The van der Waals surface area contributed by atoms with Gasteiger partial charge in [-0.1, -0.05) is 18.3 Å². The minimum absolute atomic E-state index is 0.240. The summed E-state index contributed by atoms with van der Waals surface area (Å²) in [5, 5.41) is 6.52. The molecule has 6 nitrogen and oxygen atoms in total. The van der Waals surface area contributed by atoms with Crippen LogP contribution in [-0.4, -0.2) is 17.4 Å². The lowest BCUT2D eigenvalue weighted by Gasteiger charge is -2.00. The Bertz CT molecular complexity index is 536. The zero-order valence-corrected chi connectivity index (χ0v) is 11.4. The number of amides is 1. The number of aromatic nitrogens is 1. The van der Waals surface area contributed by atoms with Gasteiger partial charge in [-0.3, -0.25) is 4.79 Å². The fraction of sp³-hybridized carbons (Fsp3) is 0.333. The van der Waals surface area contributed by atoms with Crippen LogP contribution in [0.3, 0.4) is 0 Å². The van der Waals surface area contributed by atoms with E-state index in [4.69, 9.17) is 10.2 Å². The molecule has 2 heterocycles. The second-order valence-electron chi connectivity index (χ2n) is 3.92. The molecular formula is C12H16N4O2S. The number of carbonyl (C=O) groups excluding carboxylic acids is 1. The first-order valence-corrected chi connectivity index (χ1v) is 6.83. The molecule has 0 aliphatic heterocycles. The number of hydrogen-bond donors (Lipinski definition) is 3. The lowest BCUT2D eigenvalue weighted by atomic mass is 10.4. The fourth-order valence-corrected chi connectivity index (χ4v) is 2.29. The summed E-state index contributed by atoms with van der Waals surface area (Å²) in [5.74, 6) is 0.706. The molecule has 0 bridgehead atoms. The number of carbonyl (C=O) groups is 1. The number of nitrogens with one attached hydrogen (secondary N) is 2. The smallest absolute Gasteiger partial charge is 0.265 e. The Balaban J connectivity index is 1.96. The number of nitrogens with two attached hydrogens (primary N) is 1. The number of anilines is 2. The van der Waals surface area contributed by atoms with E-state index in [0.717, 1.165) is 13.0 Å². The number of rotatable bonds is 6. The Morgan fingerprint density at radius 2 is 2.42 bits per heavy atom. The summed E-state index contributed by atoms with van der Waals surface area (Å²) in [6, 6.07) is 3.57. The molecule has 0 aliphatic carbocycles. The number of thiazole rings is 1. The van der Waals surface area contributed by atoms with Gasteiger partial charge in [0.25, 0.3) is 5.91 Å². The fourth-order valence-electron chi connectivity index (χ4n) is 1.46. The minimum atomic E-state index is -0.240. The second kappa shape index (κ2) is 6.24. The molecule has 4 N–H and O–H groups in total. The van der Waals surface area contributed by atoms with Gasteiger partial charge in [0.15, 0.2) is 5.13 Å². The maximum atomic E-state index is 12.0. The number of hydrogen-bond acceptors (Lipinski definition) is 6. The molecule has 2 aromatic rings. The van der Waals surface area contributed by atoms with Crippen LogP contribution in [0.2, 0.25) is 0 Å². The molecule has 0 atom stereocenters. The summed E-state index contributed by atoms with van der Waals surface area (Å²) >= 11 is 1.25. The first-order chi connectivity index (χ1) is 9.20. The van der Waals surface area contributed by atoms with E-state index in [2.05, 4.69) is 22.5 Å². The van der Waals surface area contributed by atoms with Gasteiger partial charge in [0.2, 0.25) is 0 Å². The van der Waals surface area contributed by atoms with E-state index in [1.54, 1.807) is 18.4 Å². The number of nitrogen functional groups attached to an aromatic ring is 1. The van der Waals surface area contributed by atoms with Gasteiger partial charge in [-0.25, -0.2) is 4.98 Å². The van der Waals surface area contributed by atoms with E-state index >= 15 is 0 Å². The predicted molar refractivity (Wildman–Crippen MR) is 75.2 cm³/mol. The van der Waals surface area contributed by atoms with Gasteiger partial charge in [-0.2, -0.15) is 0 Å². The van der Waals surface area contributed by atoms with Gasteiger partial charge in [0.05, 0.1) is 12.8 Å². The highest BCUT2D eigenvalue weighted by Gasteiger charge is 2.15. The van der Waals surface area contributed by atoms with Crippen molar-refractivity contribution in [3.63, 3.8) is 0 Å². The van der Waals surface area contributed by atoms with Crippen LogP contribution < -0.4 is 16.4 Å². The molecule has 0 saturated carbocycles. The Labute approximate surface area is 115 Å². The monoisotopic (exact) mass is 280 g/mol. The largest absolute Gasteiger partial charge is 0.467 e. The molecule has 0 radical (unpaired) electrons. The van der Waals surface area contributed by atoms with E-state index < -0.39 is 0 Å². The zero-order chi connectivity index (χ0) is 13.7. The zero-order valence-electron chi connectivity index (χ0n) is 10.6. The van der Waals surface area contributed by atoms with Crippen molar-refractivity contribution in [2.75, 3.05) is 17.6 Å². The van der Waals surface area contributed by atoms with E-state index in [1.165, 1.54) is 11.3 Å². The molecule has 0 saturated heterocycles. The Morgan fingerprint density at radius 3 is 3.11 bits per heavy atom. The summed E-state index contributed by atoms with van der Waals surface area (Å²) in [4.78, 5) is 16.5. The standard InChI is InChI=1S/C12H16N4O2S/c1-2-5-14-12-16-10(13)9(19-12)11(17)15-7-8-4-3-6-18-8/h3-4,6H,2,5,7,13H2,1H3,(H,14,16)(H,15,17). The Hall–Kier alpha value is -2.02. The lowest BCUT2D eigenvalue weighted by Crippen LogP contribution is -2.22. The van der Waals surface area contributed by atoms with E-state index in [1.807, 2.05) is 0 Å². The van der Waals surface area contributed by atoms with Gasteiger partial charge >= 0.3 is 0 Å². The van der Waals surface area contributed by atoms with Crippen molar-refractivity contribution in [1.82, 2.24) is 10.3 Å². The first-order valence-electron chi connectivity index (χ1n) is 6.01. The van der Waals surface area contributed by atoms with Crippen molar-refractivity contribution in [2.24, 2.45) is 0 Å². The lowest BCUT2D eigenvalue weighted by molar-refractivity contribution is 0.0953. The summed E-state index contributed by atoms with van der Waals surface area (Å²) in [6.45, 7) is 3.20. The van der Waals surface area contributed by atoms with Gasteiger partial charge in [0, 0.05) is 6.54 Å². The molecule has 0 aliphatic rings. The van der Waals surface area contributed by atoms with Gasteiger partial charge in [-0.15, -0.1) is 0 Å². The number of furan rings is 1. The maximum absolute atomic E-state index is 12.0. The van der Waals surface area contributed by atoms with Crippen LogP contribution in [0.15, 0.2) is 22.8 Å². The molecule has 2 aromatic heterocycles. The molecular weight excluding hydrogens is 264 g/mol. The van der Waals surface area contributed by atoms with Gasteiger partial charge < -0.3 is 20.8 Å². The van der Waals surface area contributed by atoms with Crippen molar-refractivity contribution < 1.29 is 9.21 Å². The van der Waals surface area contributed by atoms with Crippen LogP contribution in [0.1, 0.15) is 28.8 Å². The van der Waals surface area contributed by atoms with Gasteiger partial charge in [-0.05, 0) is 18.6 Å². The molecule has 102 valence electrons. The summed E-state index contributed by atoms with van der Waals surface area (Å²) in [7, 11) is 0. The summed E-state index contributed by atoms with van der Waals surface area (Å²) < 4.78 is 5.14. The normalized spacial score (nSPS) is 10.4. The van der Waals surface area contributed by atoms with Crippen molar-refractivity contribution in [3.8, 4) is 0 Å². The van der Waals surface area contributed by atoms with Crippen molar-refractivity contribution in [3.05, 3.63) is 29.0 Å². The quantitative estimate of drug-likeness (QED) is 0.753. The Morgan fingerprint density at radius 1 is 1.58 bits per heavy atom. The minimum Gasteiger partial charge on any atom is -0.467 e. The molecule has 7 heteroatoms. The number of nitrogens with zero attached hydrogens (tertiary/aromatic N) is 1. The summed E-state index contributed by atoms with van der Waals surface area (Å²) in [5.41, 5.74) is 5.74. The van der Waals surface area contributed by atoms with Crippen molar-refractivity contribution >= 4 is 28.2 Å². The van der Waals surface area contributed by atoms with Crippen LogP contribution in [-0.2, 0) is 6.54 Å². The third kappa shape index (κ3) is 3.47. The molecule has 2 rings (SSSR count). The van der Waals surface area contributed by atoms with Crippen LogP contribution >= 0.6 is 11.3 Å². The highest BCUT2D eigenvalue weighted by atomic mass is 32.1. The van der Waals surface area contributed by atoms with E-state index in [-0.39, 0.29) is 11.7 Å². The average molecular weight is 280 g/mol. The molecule has 0 spiro atoms. The SMILES string of the molecule is CCCNc1nc(N)c(C(=O)NCc2ccco2)s1. The topological polar surface area (TPSA) is 93.2 Å². The Kier molecular flexibility index (Phi) is 4.40. The molecule has 0 aromatic carbocycles. The second-order valence-corrected chi connectivity index (χ2v) is 4.92. The van der Waals surface area contributed by atoms with Crippen LogP contribution in [0.5, 0.6) is 0 Å². The maximum Gasteiger partial charge on any atom is 0.265 e. The van der Waals surface area contributed by atoms with E-state index in [0.29, 0.717) is 22.3 Å². The molecule has 0 fully saturated rings.